The van der Waals surface area contributed by atoms with Gasteiger partial charge in [0.1, 0.15) is 5.75 Å². The van der Waals surface area contributed by atoms with E-state index in [-0.39, 0.29) is 18.0 Å². The Morgan fingerprint density at radius 3 is 2.52 bits per heavy atom. The van der Waals surface area contributed by atoms with Gasteiger partial charge in [0.2, 0.25) is 5.91 Å². The minimum atomic E-state index is -0.487. The van der Waals surface area contributed by atoms with Crippen molar-refractivity contribution in [3.63, 3.8) is 0 Å². The molecule has 0 atom stereocenters. The van der Waals surface area contributed by atoms with E-state index in [0.29, 0.717) is 29.1 Å². The number of ether oxygens (including phenoxy) is 1. The van der Waals surface area contributed by atoms with Crippen molar-refractivity contribution in [1.82, 2.24) is 0 Å². The van der Waals surface area contributed by atoms with Crippen LogP contribution in [0.5, 0.6) is 5.75 Å². The summed E-state index contributed by atoms with van der Waals surface area (Å²) in [6, 6.07) is 10.2. The van der Waals surface area contributed by atoms with Crippen LogP contribution in [0.3, 0.4) is 0 Å². The van der Waals surface area contributed by atoms with E-state index in [1.807, 2.05) is 18.2 Å². The maximum Gasteiger partial charge on any atom is 0.270 e. The predicted molar refractivity (Wildman–Crippen MR) is 112 cm³/mol. The van der Waals surface area contributed by atoms with E-state index in [2.05, 4.69) is 51.0 Å². The van der Waals surface area contributed by atoms with Crippen molar-refractivity contribution in [2.24, 2.45) is 0 Å². The molecule has 2 rings (SSSR count). The molecule has 0 heterocycles. The fourth-order valence-corrected chi connectivity index (χ4v) is 3.32. The van der Waals surface area contributed by atoms with Crippen molar-refractivity contribution < 1.29 is 14.5 Å². The molecule has 6 nitrogen and oxygen atoms in total. The summed E-state index contributed by atoms with van der Waals surface area (Å²) in [5.41, 5.74) is 1.68. The number of rotatable bonds is 8. The molecule has 0 aromatic heterocycles. The van der Waals surface area contributed by atoms with Gasteiger partial charge in [-0.3, -0.25) is 14.9 Å². The number of nitro groups is 1. The quantitative estimate of drug-likeness (QED) is 0.272. The highest BCUT2D eigenvalue weighted by molar-refractivity contribution is 9.11. The van der Waals surface area contributed by atoms with Crippen LogP contribution in [0.4, 0.5) is 11.4 Å². The molecule has 2 aromatic carbocycles. The summed E-state index contributed by atoms with van der Waals surface area (Å²) in [6.45, 7) is 4.67. The van der Waals surface area contributed by atoms with Crippen LogP contribution in [0.1, 0.15) is 38.2 Å². The molecule has 27 heavy (non-hydrogen) atoms. The summed E-state index contributed by atoms with van der Waals surface area (Å²) in [5, 5.41) is 13.5. The Kier molecular flexibility index (Phi) is 7.79. The third-order valence-electron chi connectivity index (χ3n) is 3.87. The van der Waals surface area contributed by atoms with E-state index in [4.69, 9.17) is 4.74 Å². The van der Waals surface area contributed by atoms with Crippen molar-refractivity contribution in [2.45, 2.75) is 32.6 Å². The molecule has 0 saturated heterocycles. The van der Waals surface area contributed by atoms with Crippen LogP contribution in [-0.4, -0.2) is 17.4 Å². The monoisotopic (exact) mass is 498 g/mol. The van der Waals surface area contributed by atoms with Crippen LogP contribution >= 0.6 is 31.9 Å². The van der Waals surface area contributed by atoms with Crippen LogP contribution < -0.4 is 10.1 Å². The van der Waals surface area contributed by atoms with E-state index in [0.717, 1.165) is 10.2 Å². The van der Waals surface area contributed by atoms with Crippen LogP contribution in [0, 0.1) is 10.1 Å². The number of carbonyl (C=O) groups is 1. The highest BCUT2D eigenvalue weighted by Gasteiger charge is 2.11. The van der Waals surface area contributed by atoms with Gasteiger partial charge in [-0.2, -0.15) is 0 Å². The highest BCUT2D eigenvalue weighted by atomic mass is 79.9. The molecule has 0 bridgehead atoms. The third kappa shape index (κ3) is 6.32. The van der Waals surface area contributed by atoms with Crippen molar-refractivity contribution in [1.29, 1.82) is 0 Å². The molecule has 0 spiro atoms. The fraction of sp³-hybridized carbons (Fsp3) is 0.316. The maximum atomic E-state index is 12.1. The lowest BCUT2D eigenvalue weighted by atomic mass is 10.0. The predicted octanol–water partition coefficient (Wildman–Crippen LogP) is 6.04. The number of nitro benzene ring substituents is 1. The Labute approximate surface area is 174 Å². The second kappa shape index (κ2) is 9.85. The molecule has 0 saturated carbocycles. The average Bonchev–Trinajstić information content (AvgIpc) is 2.61. The number of carbonyl (C=O) groups excluding carboxylic acids is 1. The van der Waals surface area contributed by atoms with Gasteiger partial charge in [0.15, 0.2) is 0 Å². The standard InChI is InChI=1S/C19H20Br2N2O4/c1-12(2)13-5-8-18(16(21)10-13)27-9-3-4-19(24)22-17-7-6-14(23(25)26)11-15(17)20/h5-8,10-12H,3-4,9H2,1-2H3,(H,22,24). The number of anilines is 1. The molecule has 1 amide bonds. The van der Waals surface area contributed by atoms with Crippen molar-refractivity contribution in [2.75, 3.05) is 11.9 Å². The Hall–Kier alpha value is -1.93. The second-order valence-corrected chi connectivity index (χ2v) is 7.97. The number of hydrogen-bond acceptors (Lipinski definition) is 4. The molecule has 0 aliphatic carbocycles. The number of non-ortho nitro benzene ring substituents is 1. The topological polar surface area (TPSA) is 81.5 Å². The van der Waals surface area contributed by atoms with Gasteiger partial charge in [0, 0.05) is 23.0 Å². The van der Waals surface area contributed by atoms with Gasteiger partial charge >= 0.3 is 0 Å². The van der Waals surface area contributed by atoms with Crippen LogP contribution in [0.25, 0.3) is 0 Å². The van der Waals surface area contributed by atoms with Crippen LogP contribution in [-0.2, 0) is 4.79 Å². The molecule has 0 unspecified atom stereocenters. The number of nitrogens with zero attached hydrogens (tertiary/aromatic N) is 1. The first kappa shape index (κ1) is 21.4. The van der Waals surface area contributed by atoms with Crippen molar-refractivity contribution >= 4 is 49.1 Å². The Morgan fingerprint density at radius 2 is 1.93 bits per heavy atom. The van der Waals surface area contributed by atoms with E-state index < -0.39 is 4.92 Å². The number of amides is 1. The first-order valence-electron chi connectivity index (χ1n) is 8.44. The average molecular weight is 500 g/mol. The van der Waals surface area contributed by atoms with Gasteiger partial charge < -0.3 is 10.1 Å². The third-order valence-corrected chi connectivity index (χ3v) is 5.14. The second-order valence-electron chi connectivity index (χ2n) is 6.27. The molecule has 0 fully saturated rings. The highest BCUT2D eigenvalue weighted by Crippen LogP contribution is 2.29. The minimum Gasteiger partial charge on any atom is -0.492 e. The molecule has 8 heteroatoms. The van der Waals surface area contributed by atoms with Gasteiger partial charge in [0.05, 0.1) is 21.7 Å². The zero-order valence-electron chi connectivity index (χ0n) is 15.0. The zero-order valence-corrected chi connectivity index (χ0v) is 18.2. The summed E-state index contributed by atoms with van der Waals surface area (Å²) < 4.78 is 7.09. The SMILES string of the molecule is CC(C)c1ccc(OCCCC(=O)Nc2ccc([N+](=O)[O-])cc2Br)c(Br)c1. The van der Waals surface area contributed by atoms with Gasteiger partial charge in [-0.15, -0.1) is 0 Å². The summed E-state index contributed by atoms with van der Waals surface area (Å²) in [5.74, 6) is 1.01. The van der Waals surface area contributed by atoms with Crippen molar-refractivity contribution in [3.05, 3.63) is 61.0 Å². The Morgan fingerprint density at radius 1 is 1.19 bits per heavy atom. The van der Waals surface area contributed by atoms with Gasteiger partial charge in [0.25, 0.3) is 5.69 Å². The van der Waals surface area contributed by atoms with Gasteiger partial charge in [-0.1, -0.05) is 19.9 Å². The molecule has 0 aliphatic rings. The molecular weight excluding hydrogens is 480 g/mol. The Bertz CT molecular complexity index is 840. The lowest BCUT2D eigenvalue weighted by Gasteiger charge is -2.11. The molecule has 1 N–H and O–H groups in total. The normalized spacial score (nSPS) is 10.7. The number of nitrogens with one attached hydrogen (secondary N) is 1. The van der Waals surface area contributed by atoms with E-state index >= 15 is 0 Å². The van der Waals surface area contributed by atoms with E-state index in [9.17, 15) is 14.9 Å². The maximum absolute atomic E-state index is 12.1. The van der Waals surface area contributed by atoms with Crippen LogP contribution in [0.15, 0.2) is 45.3 Å². The van der Waals surface area contributed by atoms with Gasteiger partial charge in [-0.25, -0.2) is 0 Å². The number of halogens is 2. The van der Waals surface area contributed by atoms with Gasteiger partial charge in [-0.05, 0) is 68.0 Å². The lowest BCUT2D eigenvalue weighted by molar-refractivity contribution is -0.384. The molecule has 144 valence electrons. The molecular formula is C19H20Br2N2O4. The fourth-order valence-electron chi connectivity index (χ4n) is 2.34. The molecule has 0 radical (unpaired) electrons. The first-order valence-corrected chi connectivity index (χ1v) is 10.0. The number of hydrogen-bond donors (Lipinski definition) is 1. The first-order chi connectivity index (χ1) is 12.8. The Balaban J connectivity index is 1.80. The lowest BCUT2D eigenvalue weighted by Crippen LogP contribution is -2.13. The summed E-state index contributed by atoms with van der Waals surface area (Å²) in [7, 11) is 0. The smallest absolute Gasteiger partial charge is 0.270 e. The molecule has 0 aliphatic heterocycles. The van der Waals surface area contributed by atoms with E-state index in [1.165, 1.54) is 23.8 Å². The summed E-state index contributed by atoms with van der Waals surface area (Å²) in [4.78, 5) is 22.3. The zero-order chi connectivity index (χ0) is 20.0. The van der Waals surface area contributed by atoms with Crippen molar-refractivity contribution in [3.8, 4) is 5.75 Å². The minimum absolute atomic E-state index is 0.0395. The largest absolute Gasteiger partial charge is 0.492 e. The molecule has 2 aromatic rings. The summed E-state index contributed by atoms with van der Waals surface area (Å²) in [6.07, 6.45) is 0.833. The summed E-state index contributed by atoms with van der Waals surface area (Å²) >= 11 is 6.74. The van der Waals surface area contributed by atoms with Crippen LogP contribution in [0.2, 0.25) is 0 Å². The number of benzene rings is 2. The van der Waals surface area contributed by atoms with E-state index in [1.54, 1.807) is 0 Å².